The molecule has 9 nitrogen and oxygen atoms in total. The van der Waals surface area contributed by atoms with Gasteiger partial charge in [0.05, 0.1) is 25.4 Å². The van der Waals surface area contributed by atoms with Crippen molar-refractivity contribution in [2.24, 2.45) is 0 Å². The summed E-state index contributed by atoms with van der Waals surface area (Å²) in [6.07, 6.45) is 18.3. The highest BCUT2D eigenvalue weighted by Gasteiger charge is 2.44. The predicted octanol–water partition coefficient (Wildman–Crippen LogP) is 5.05. The molecular weight excluding hydrogens is 550 g/mol. The van der Waals surface area contributed by atoms with Crippen molar-refractivity contribution < 1.29 is 39.8 Å². The number of carbonyl (C=O) groups excluding carboxylic acids is 1. The lowest BCUT2D eigenvalue weighted by atomic mass is 9.99. The summed E-state index contributed by atoms with van der Waals surface area (Å²) >= 11 is 0. The molecule has 9 heteroatoms. The van der Waals surface area contributed by atoms with E-state index in [1.54, 1.807) is 6.08 Å². The van der Waals surface area contributed by atoms with E-state index in [2.05, 4.69) is 19.2 Å². The quantitative estimate of drug-likeness (QED) is 0.0556. The molecule has 0 aromatic heterocycles. The Morgan fingerprint density at radius 2 is 1.28 bits per heavy atom. The molecule has 1 amide bonds. The third-order valence-electron chi connectivity index (χ3n) is 8.36. The number of carbonyl (C=O) groups is 1. The van der Waals surface area contributed by atoms with Crippen molar-refractivity contribution in [2.75, 3.05) is 13.2 Å². The summed E-state index contributed by atoms with van der Waals surface area (Å²) < 4.78 is 11.1. The Morgan fingerprint density at radius 3 is 1.81 bits per heavy atom. The van der Waals surface area contributed by atoms with Crippen LogP contribution in [0.15, 0.2) is 12.2 Å². The second-order valence-corrected chi connectivity index (χ2v) is 12.3. The first kappa shape index (κ1) is 40.0. The Labute approximate surface area is 261 Å². The first-order valence-corrected chi connectivity index (χ1v) is 17.4. The highest BCUT2D eigenvalue weighted by molar-refractivity contribution is 5.76. The fraction of sp³-hybridized carbons (Fsp3) is 0.912. The highest BCUT2D eigenvalue weighted by Crippen LogP contribution is 2.22. The van der Waals surface area contributed by atoms with Gasteiger partial charge in [-0.25, -0.2) is 0 Å². The zero-order valence-electron chi connectivity index (χ0n) is 27.2. The highest BCUT2D eigenvalue weighted by atomic mass is 16.7. The number of allylic oxidation sites excluding steroid dienone is 1. The minimum absolute atomic E-state index is 0.183. The predicted molar refractivity (Wildman–Crippen MR) is 170 cm³/mol. The van der Waals surface area contributed by atoms with Crippen LogP contribution < -0.4 is 5.32 Å². The molecule has 0 aliphatic carbocycles. The van der Waals surface area contributed by atoms with Gasteiger partial charge in [-0.05, 0) is 19.3 Å². The van der Waals surface area contributed by atoms with Crippen LogP contribution in [0, 0.1) is 0 Å². The number of nitrogens with one attached hydrogen (secondary N) is 1. The lowest BCUT2D eigenvalue weighted by Gasteiger charge is -2.40. The Morgan fingerprint density at radius 1 is 0.767 bits per heavy atom. The molecule has 1 aliphatic rings. The number of aliphatic hydroxyl groups excluding tert-OH is 5. The van der Waals surface area contributed by atoms with E-state index in [1.807, 2.05) is 6.08 Å². The molecule has 2 unspecified atom stereocenters. The van der Waals surface area contributed by atoms with Gasteiger partial charge < -0.3 is 40.3 Å². The number of aliphatic hydroxyl groups is 5. The first-order valence-electron chi connectivity index (χ1n) is 17.4. The van der Waals surface area contributed by atoms with Crippen molar-refractivity contribution >= 4 is 5.91 Å². The molecule has 1 saturated heterocycles. The van der Waals surface area contributed by atoms with Crippen molar-refractivity contribution in [1.29, 1.82) is 0 Å². The maximum absolute atomic E-state index is 12.8. The minimum Gasteiger partial charge on any atom is -0.394 e. The van der Waals surface area contributed by atoms with Crippen LogP contribution in [0.1, 0.15) is 142 Å². The average Bonchev–Trinajstić information content (AvgIpc) is 3.00. The van der Waals surface area contributed by atoms with Crippen LogP contribution in [0.5, 0.6) is 0 Å². The van der Waals surface area contributed by atoms with Gasteiger partial charge in [-0.1, -0.05) is 129 Å². The van der Waals surface area contributed by atoms with Crippen LogP contribution in [-0.4, -0.2) is 87.5 Å². The molecule has 254 valence electrons. The third kappa shape index (κ3) is 18.5. The number of amides is 1. The van der Waals surface area contributed by atoms with Crippen molar-refractivity contribution in [3.8, 4) is 0 Å². The fourth-order valence-corrected chi connectivity index (χ4v) is 5.45. The normalized spacial score (nSPS) is 23.9. The summed E-state index contributed by atoms with van der Waals surface area (Å²) in [6.45, 7) is 3.70. The van der Waals surface area contributed by atoms with E-state index in [4.69, 9.17) is 9.47 Å². The van der Waals surface area contributed by atoms with Gasteiger partial charge in [0.25, 0.3) is 0 Å². The minimum atomic E-state index is -1.56. The molecule has 0 saturated carbocycles. The molecule has 43 heavy (non-hydrogen) atoms. The molecule has 0 spiro atoms. The van der Waals surface area contributed by atoms with Gasteiger partial charge >= 0.3 is 0 Å². The number of hydrogen-bond donors (Lipinski definition) is 6. The lowest BCUT2D eigenvalue weighted by Crippen LogP contribution is -2.60. The van der Waals surface area contributed by atoms with Crippen molar-refractivity contribution in [3.63, 3.8) is 0 Å². The molecule has 7 atom stereocenters. The maximum atomic E-state index is 12.8. The second kappa shape index (κ2) is 26.2. The summed E-state index contributed by atoms with van der Waals surface area (Å²) in [7, 11) is 0. The molecule has 1 fully saturated rings. The van der Waals surface area contributed by atoms with Crippen molar-refractivity contribution in [3.05, 3.63) is 12.2 Å². The summed E-state index contributed by atoms with van der Waals surface area (Å²) in [4.78, 5) is 12.8. The molecule has 0 bridgehead atoms. The molecule has 0 aromatic rings. The summed E-state index contributed by atoms with van der Waals surface area (Å²) in [6, 6.07) is -0.794. The van der Waals surface area contributed by atoms with E-state index in [9.17, 15) is 30.3 Å². The van der Waals surface area contributed by atoms with Gasteiger partial charge in [0.15, 0.2) is 6.29 Å². The molecule has 0 aromatic carbocycles. The van der Waals surface area contributed by atoms with Crippen LogP contribution in [0.2, 0.25) is 0 Å². The topological polar surface area (TPSA) is 149 Å². The van der Waals surface area contributed by atoms with E-state index in [0.29, 0.717) is 6.42 Å². The monoisotopic (exact) mass is 615 g/mol. The third-order valence-corrected chi connectivity index (χ3v) is 8.36. The van der Waals surface area contributed by atoms with Crippen LogP contribution in [0.4, 0.5) is 0 Å². The molecule has 0 radical (unpaired) electrons. The molecule has 1 heterocycles. The maximum Gasteiger partial charge on any atom is 0.220 e. The van der Waals surface area contributed by atoms with Gasteiger partial charge in [-0.3, -0.25) is 4.79 Å². The van der Waals surface area contributed by atoms with Gasteiger partial charge in [0.1, 0.15) is 24.4 Å². The van der Waals surface area contributed by atoms with Crippen molar-refractivity contribution in [1.82, 2.24) is 5.32 Å². The fourth-order valence-electron chi connectivity index (χ4n) is 5.45. The smallest absolute Gasteiger partial charge is 0.220 e. The summed E-state index contributed by atoms with van der Waals surface area (Å²) in [5.41, 5.74) is 0. The van der Waals surface area contributed by atoms with Gasteiger partial charge in [-0.15, -0.1) is 0 Å². The molecule has 6 N–H and O–H groups in total. The van der Waals surface area contributed by atoms with Gasteiger partial charge in [0.2, 0.25) is 5.91 Å². The number of ether oxygens (including phenoxy) is 2. The zero-order valence-corrected chi connectivity index (χ0v) is 27.2. The molecule has 1 aliphatic heterocycles. The van der Waals surface area contributed by atoms with Gasteiger partial charge in [0, 0.05) is 6.42 Å². The largest absolute Gasteiger partial charge is 0.394 e. The SMILES string of the molecule is CCCCCCCCCC/C=C/[C@@H](O)[C@H](CO[C@@H]1O[C@H](CO)[C@H](O)C(O)C1O)NC(=O)CCCCCCCCCCCC. The summed E-state index contributed by atoms with van der Waals surface area (Å²) in [5, 5.41) is 53.6. The Hall–Kier alpha value is -1.07. The second-order valence-electron chi connectivity index (χ2n) is 12.3. The average molecular weight is 616 g/mol. The Bertz CT molecular complexity index is 691. The number of unbranched alkanes of at least 4 members (excludes halogenated alkanes) is 17. The van der Waals surface area contributed by atoms with Gasteiger partial charge in [-0.2, -0.15) is 0 Å². The van der Waals surface area contributed by atoms with E-state index in [0.717, 1.165) is 38.5 Å². The number of hydrogen-bond acceptors (Lipinski definition) is 8. The first-order chi connectivity index (χ1) is 20.8. The van der Waals surface area contributed by atoms with Crippen LogP contribution >= 0.6 is 0 Å². The lowest BCUT2D eigenvalue weighted by molar-refractivity contribution is -0.302. The standard InChI is InChI=1S/C34H65NO8/c1-3-5-7-9-11-13-15-17-19-21-23-28(37)27(26-42-34-33(41)32(40)31(39)29(25-36)43-34)35-30(38)24-22-20-18-16-14-12-10-8-6-4-2/h21,23,27-29,31-34,36-37,39-41H,3-20,22,24-26H2,1-2H3,(H,35,38)/b23-21+/t27-,28+,29+,31-,32?,33?,34+/m0/s1. The summed E-state index contributed by atoms with van der Waals surface area (Å²) in [5.74, 6) is -0.183. The van der Waals surface area contributed by atoms with E-state index in [-0.39, 0.29) is 12.5 Å². The van der Waals surface area contributed by atoms with Crippen LogP contribution in [-0.2, 0) is 14.3 Å². The molecule has 1 rings (SSSR count). The zero-order chi connectivity index (χ0) is 31.7. The number of rotatable bonds is 27. The van der Waals surface area contributed by atoms with Crippen molar-refractivity contribution in [2.45, 2.75) is 185 Å². The van der Waals surface area contributed by atoms with Crippen LogP contribution in [0.3, 0.4) is 0 Å². The van der Waals surface area contributed by atoms with E-state index < -0.39 is 49.5 Å². The van der Waals surface area contributed by atoms with E-state index in [1.165, 1.54) is 83.5 Å². The Kier molecular flexibility index (Phi) is 24.3. The molecular formula is C34H65NO8. The van der Waals surface area contributed by atoms with Crippen LogP contribution in [0.25, 0.3) is 0 Å². The Balaban J connectivity index is 2.52. The van der Waals surface area contributed by atoms with E-state index >= 15 is 0 Å².